The van der Waals surface area contributed by atoms with Gasteiger partial charge in [0.05, 0.1) is 71.6 Å². The van der Waals surface area contributed by atoms with Crippen LogP contribution in [-0.4, -0.2) is 137 Å². The summed E-state index contributed by atoms with van der Waals surface area (Å²) in [4.78, 5) is 68.0. The van der Waals surface area contributed by atoms with Crippen LogP contribution in [0.1, 0.15) is 54.9 Å². The van der Waals surface area contributed by atoms with E-state index < -0.39 is 17.3 Å². The van der Waals surface area contributed by atoms with E-state index in [1.807, 2.05) is 77.9 Å². The molecule has 0 bridgehead atoms. The summed E-state index contributed by atoms with van der Waals surface area (Å²) >= 11 is 31.0. The van der Waals surface area contributed by atoms with Crippen LogP contribution in [-0.2, 0) is 19.1 Å². The minimum Gasteiger partial charge on any atom is -0.495 e. The van der Waals surface area contributed by atoms with Gasteiger partial charge in [-0.1, -0.05) is 65.1 Å². The molecule has 6 aromatic rings. The lowest BCUT2D eigenvalue weighted by atomic mass is 9.97. The molecule has 4 N–H and O–H groups in total. The summed E-state index contributed by atoms with van der Waals surface area (Å²) < 4.78 is 32.5. The Labute approximate surface area is 489 Å². The lowest BCUT2D eigenvalue weighted by Crippen LogP contribution is -2.39. The SMILES string of the molecule is C=CC(=O)CC1CN(C(=O)OC(C)(C)C)CC1Nc1ncc2cc(-c3c(Cl)c(OC)cc(OC)c3Cl)ccc2n1.CC(=O)Cl.COc1cc(OC)c(Cl)c(-c2ccc3nc(NC4CN(C(=O)OC(C)(C)C)C[C@@H]4N)ncc3c2)c1Cl. The lowest BCUT2D eigenvalue weighted by molar-refractivity contribution is -0.115. The van der Waals surface area contributed by atoms with E-state index in [1.165, 1.54) is 41.4 Å². The van der Waals surface area contributed by atoms with Crippen LogP contribution >= 0.6 is 58.0 Å². The van der Waals surface area contributed by atoms with Gasteiger partial charge >= 0.3 is 12.2 Å². The van der Waals surface area contributed by atoms with Crippen molar-refractivity contribution in [1.82, 2.24) is 29.7 Å². The predicted octanol–water partition coefficient (Wildman–Crippen LogP) is 12.2. The number of rotatable bonds is 13. The van der Waals surface area contributed by atoms with Crippen molar-refractivity contribution in [2.24, 2.45) is 11.7 Å². The highest BCUT2D eigenvalue weighted by molar-refractivity contribution is 6.62. The molecule has 0 spiro atoms. The number of ether oxygens (including phenoxy) is 6. The first-order valence-electron chi connectivity index (χ1n) is 25.0. The first kappa shape index (κ1) is 62.6. The predicted molar refractivity (Wildman–Crippen MR) is 314 cm³/mol. The Hall–Kier alpha value is -6.61. The highest BCUT2D eigenvalue weighted by Crippen LogP contribution is 2.48. The molecule has 2 fully saturated rings. The Bertz CT molecular complexity index is 3220. The third-order valence-corrected chi connectivity index (χ3v) is 13.8. The summed E-state index contributed by atoms with van der Waals surface area (Å²) in [7, 11) is 6.11. The van der Waals surface area contributed by atoms with Crippen LogP contribution in [0.15, 0.2) is 73.6 Å². The molecule has 2 aliphatic rings. The zero-order chi connectivity index (χ0) is 59.0. The number of allylic oxidation sites excluding steroid dienone is 1. The van der Waals surface area contributed by atoms with Crippen molar-refractivity contribution in [3.63, 3.8) is 0 Å². The average molecular weight is 1200 g/mol. The summed E-state index contributed by atoms with van der Waals surface area (Å²) in [6.07, 6.45) is 4.13. The molecule has 0 saturated carbocycles. The summed E-state index contributed by atoms with van der Waals surface area (Å²) in [5, 5.41) is 9.25. The van der Waals surface area contributed by atoms with Gasteiger partial charge in [0.15, 0.2) is 5.78 Å². The van der Waals surface area contributed by atoms with Gasteiger partial charge in [-0.05, 0) is 94.6 Å². The third kappa shape index (κ3) is 15.8. The minimum absolute atomic E-state index is 0.0960. The average Bonchev–Trinajstić information content (AvgIpc) is 4.09. The number of likely N-dealkylation sites (tertiary alicyclic amines) is 2. The van der Waals surface area contributed by atoms with Gasteiger partial charge in [0.25, 0.3) is 0 Å². The number of nitrogens with two attached hydrogens (primary N) is 1. The number of amides is 2. The van der Waals surface area contributed by atoms with Crippen molar-refractivity contribution >= 4 is 115 Å². The van der Waals surface area contributed by atoms with Gasteiger partial charge in [0.2, 0.25) is 17.1 Å². The Balaban J connectivity index is 0.000000243. The highest BCUT2D eigenvalue weighted by Gasteiger charge is 2.39. The number of methoxy groups -OCH3 is 4. The molecule has 2 saturated heterocycles. The molecular formula is C56H64Cl5N9O10. The van der Waals surface area contributed by atoms with E-state index >= 15 is 0 Å². The maximum absolute atomic E-state index is 12.7. The molecular weight excluding hydrogens is 1140 g/mol. The van der Waals surface area contributed by atoms with E-state index in [0.717, 1.165) is 21.9 Å². The highest BCUT2D eigenvalue weighted by atomic mass is 35.5. The fraction of sp³-hybridized carbons (Fsp3) is 0.393. The van der Waals surface area contributed by atoms with Crippen molar-refractivity contribution in [1.29, 1.82) is 0 Å². The van der Waals surface area contributed by atoms with Crippen molar-refractivity contribution in [3.8, 4) is 45.3 Å². The monoisotopic (exact) mass is 1200 g/mol. The smallest absolute Gasteiger partial charge is 0.410 e. The number of hydrogen-bond acceptors (Lipinski definition) is 17. The Morgan fingerprint density at radius 3 is 1.39 bits per heavy atom. The molecule has 428 valence electrons. The Morgan fingerprint density at radius 1 is 0.637 bits per heavy atom. The Kier molecular flexibility index (Phi) is 20.9. The van der Waals surface area contributed by atoms with Crippen LogP contribution < -0.4 is 35.3 Å². The second-order valence-corrected chi connectivity index (χ2v) is 22.6. The van der Waals surface area contributed by atoms with E-state index in [1.54, 1.807) is 34.3 Å². The normalized spacial score (nSPS) is 16.9. The van der Waals surface area contributed by atoms with Crippen LogP contribution in [0.25, 0.3) is 44.1 Å². The van der Waals surface area contributed by atoms with Crippen LogP contribution in [0.3, 0.4) is 0 Å². The number of carbonyl (C=O) groups excluding carboxylic acids is 4. The zero-order valence-electron chi connectivity index (χ0n) is 46.1. The second-order valence-electron chi connectivity index (χ2n) is 20.5. The first-order valence-corrected chi connectivity index (χ1v) is 26.9. The van der Waals surface area contributed by atoms with Crippen molar-refractivity contribution in [3.05, 3.63) is 93.7 Å². The van der Waals surface area contributed by atoms with Gasteiger partial charge in [0.1, 0.15) is 34.2 Å². The van der Waals surface area contributed by atoms with Gasteiger partial charge in [-0.3, -0.25) is 9.59 Å². The van der Waals surface area contributed by atoms with Crippen molar-refractivity contribution < 1.29 is 47.6 Å². The number of fused-ring (bicyclic) bond motifs is 2. The molecule has 80 heavy (non-hydrogen) atoms. The second kappa shape index (κ2) is 26.8. The lowest BCUT2D eigenvalue weighted by Gasteiger charge is -2.24. The molecule has 4 heterocycles. The van der Waals surface area contributed by atoms with E-state index in [0.29, 0.717) is 103 Å². The number of ketones is 1. The number of halogens is 5. The molecule has 8 rings (SSSR count). The van der Waals surface area contributed by atoms with Crippen LogP contribution in [0, 0.1) is 5.92 Å². The van der Waals surface area contributed by atoms with Crippen molar-refractivity contribution in [2.45, 2.75) is 84.2 Å². The van der Waals surface area contributed by atoms with E-state index in [-0.39, 0.29) is 47.6 Å². The topological polar surface area (TPSA) is 232 Å². The molecule has 2 aromatic heterocycles. The minimum atomic E-state index is -0.625. The maximum Gasteiger partial charge on any atom is 0.410 e. The summed E-state index contributed by atoms with van der Waals surface area (Å²) in [5.74, 6) is 2.33. The van der Waals surface area contributed by atoms with Crippen molar-refractivity contribution in [2.75, 3.05) is 65.3 Å². The van der Waals surface area contributed by atoms with E-state index in [4.69, 9.17) is 80.6 Å². The maximum atomic E-state index is 12.7. The summed E-state index contributed by atoms with van der Waals surface area (Å²) in [6.45, 7) is 17.3. The Morgan fingerprint density at radius 2 is 1.01 bits per heavy atom. The zero-order valence-corrected chi connectivity index (χ0v) is 49.9. The van der Waals surface area contributed by atoms with Crippen LogP contribution in [0.5, 0.6) is 23.0 Å². The molecule has 3 unspecified atom stereocenters. The summed E-state index contributed by atoms with van der Waals surface area (Å²) in [6, 6.07) is 13.7. The first-order chi connectivity index (χ1) is 37.7. The number of carbonyl (C=O) groups is 4. The van der Waals surface area contributed by atoms with Gasteiger partial charge < -0.3 is 54.6 Å². The van der Waals surface area contributed by atoms with Gasteiger partial charge in [-0.15, -0.1) is 0 Å². The molecule has 2 aliphatic heterocycles. The van der Waals surface area contributed by atoms with Gasteiger partial charge in [-0.2, -0.15) is 0 Å². The molecule has 4 aromatic carbocycles. The fourth-order valence-electron chi connectivity index (χ4n) is 8.64. The molecule has 0 aliphatic carbocycles. The summed E-state index contributed by atoms with van der Waals surface area (Å²) in [5.41, 5.74) is 9.17. The van der Waals surface area contributed by atoms with Gasteiger partial charge in [-0.25, -0.2) is 29.5 Å². The van der Waals surface area contributed by atoms with E-state index in [9.17, 15) is 19.2 Å². The number of anilines is 2. The van der Waals surface area contributed by atoms with E-state index in [2.05, 4.69) is 48.7 Å². The molecule has 2 amide bonds. The van der Waals surface area contributed by atoms with Crippen LogP contribution in [0.2, 0.25) is 20.1 Å². The number of nitrogens with one attached hydrogen (secondary N) is 2. The van der Waals surface area contributed by atoms with Crippen LogP contribution in [0.4, 0.5) is 21.5 Å². The largest absolute Gasteiger partial charge is 0.495 e. The number of aromatic nitrogens is 4. The quantitative estimate of drug-likeness (QED) is 0.0720. The third-order valence-electron chi connectivity index (χ3n) is 12.3. The molecule has 24 heteroatoms. The molecule has 19 nitrogen and oxygen atoms in total. The van der Waals surface area contributed by atoms with Gasteiger partial charge in [0, 0.05) is 97.9 Å². The standard InChI is InChI=1S/C29H32Cl2N4O5.C25H29Cl2N5O4.C2H3ClO/c1-7-19(36)11-18-14-35(28(37)40-29(2,3)4)15-21(18)34-27-32-13-17-10-16(8-9-20(17)33-27)24-25(30)22(38-5)12-23(39-6)26(24)31;1-25(2,3)36-24(33)32-11-15(28)17(12-32)31-23-29-10-14-8-13(6-7-16(14)30-23)20-21(26)18(34-4)9-19(35-5)22(20)27;1-2(3)4/h7-10,12-13,18,21H,1,11,14-15H2,2-6H3,(H,32,33,34);6-10,15,17H,11-12,28H2,1-5H3,(H,29,30,31);1H3/t;15-,17?;/m.0./s1. The number of hydrogen-bond donors (Lipinski definition) is 3. The molecule has 4 atom stereocenters. The number of nitrogens with zero attached hydrogens (tertiary/aromatic N) is 6. The number of benzene rings is 4. The fourth-order valence-corrected chi connectivity index (χ4v) is 10.1. The molecule has 0 radical (unpaired) electrons.